The number of aromatic amines is 1. The number of hydrogen-bond donors (Lipinski definition) is 2. The van der Waals surface area contributed by atoms with Gasteiger partial charge in [-0.3, -0.25) is 9.69 Å². The average molecular weight is 490 g/mol. The lowest BCUT2D eigenvalue weighted by Crippen LogP contribution is -2.39. The van der Waals surface area contributed by atoms with Gasteiger partial charge in [-0.05, 0) is 92.3 Å². The number of primary amides is 1. The minimum absolute atomic E-state index is 0.236. The minimum atomic E-state index is -0.236. The van der Waals surface area contributed by atoms with Crippen LogP contribution in [-0.2, 0) is 4.79 Å². The molecule has 196 valence electrons. The molecule has 3 rings (SSSR count). The number of H-pyrrole nitrogens is 1. The van der Waals surface area contributed by atoms with Crippen molar-refractivity contribution in [2.75, 3.05) is 19.6 Å². The molecule has 0 bridgehead atoms. The fourth-order valence-electron chi connectivity index (χ4n) is 5.57. The van der Waals surface area contributed by atoms with Crippen LogP contribution in [0, 0.1) is 5.92 Å². The van der Waals surface area contributed by atoms with Crippen LogP contribution >= 0.6 is 0 Å². The Hall–Kier alpha value is -2.59. The monoisotopic (exact) mass is 489 g/mol. The van der Waals surface area contributed by atoms with Gasteiger partial charge in [-0.15, -0.1) is 0 Å². The highest BCUT2D eigenvalue weighted by Crippen LogP contribution is 2.39. The molecule has 3 N–H and O–H groups in total. The molecular weight excluding hydrogens is 442 g/mol. The van der Waals surface area contributed by atoms with Gasteiger partial charge in [-0.2, -0.15) is 0 Å². The van der Waals surface area contributed by atoms with E-state index in [9.17, 15) is 4.79 Å². The van der Waals surface area contributed by atoms with Crippen LogP contribution in [0.2, 0.25) is 0 Å². The number of carbonyl (C=O) groups excluding carboxylic acids is 1. The van der Waals surface area contributed by atoms with E-state index < -0.39 is 0 Å². The van der Waals surface area contributed by atoms with Gasteiger partial charge in [0.25, 0.3) is 0 Å². The number of benzene rings is 1. The standard InChI is InChI=1S/C32H47N3O/c1-8-11-24(10-3)27(18-23(7)22(6)9-2)32-31(21(4)5)28-19-26(12-13-29(28)34-32)25-14-16-35(17-15-25)20-30(33)36/h10,12-13,18-19,21-22,25,34H,3,8-9,11,14-17,20H2,1-2,4-7H3,(H2,33,36)/b23-18-,27-24-. The highest BCUT2D eigenvalue weighted by molar-refractivity contribution is 5.93. The van der Waals surface area contributed by atoms with Gasteiger partial charge in [0, 0.05) is 16.5 Å². The number of rotatable bonds is 11. The molecule has 1 aliphatic rings. The summed E-state index contributed by atoms with van der Waals surface area (Å²) in [6.45, 7) is 20.1. The van der Waals surface area contributed by atoms with Crippen molar-refractivity contribution in [2.45, 2.75) is 85.5 Å². The van der Waals surface area contributed by atoms with E-state index in [4.69, 9.17) is 5.73 Å². The first-order chi connectivity index (χ1) is 17.2. The van der Waals surface area contributed by atoms with E-state index in [1.807, 2.05) is 0 Å². The van der Waals surface area contributed by atoms with E-state index in [2.05, 4.69) is 88.4 Å². The first kappa shape index (κ1) is 28.0. The molecule has 1 amide bonds. The molecule has 1 aliphatic heterocycles. The third kappa shape index (κ3) is 6.39. The topological polar surface area (TPSA) is 62.1 Å². The molecule has 2 heterocycles. The van der Waals surface area contributed by atoms with Crippen molar-refractivity contribution in [1.29, 1.82) is 0 Å². The molecule has 36 heavy (non-hydrogen) atoms. The van der Waals surface area contributed by atoms with Crippen LogP contribution in [0.1, 0.15) is 102 Å². The van der Waals surface area contributed by atoms with Crippen LogP contribution in [-0.4, -0.2) is 35.4 Å². The van der Waals surface area contributed by atoms with Crippen molar-refractivity contribution in [3.8, 4) is 0 Å². The first-order valence-electron chi connectivity index (χ1n) is 13.9. The molecule has 1 unspecified atom stereocenters. The van der Waals surface area contributed by atoms with E-state index in [1.165, 1.54) is 44.4 Å². The van der Waals surface area contributed by atoms with E-state index >= 15 is 0 Å². The van der Waals surface area contributed by atoms with Crippen molar-refractivity contribution in [3.05, 3.63) is 64.9 Å². The molecule has 0 radical (unpaired) electrons. The number of carbonyl (C=O) groups is 1. The van der Waals surface area contributed by atoms with E-state index in [0.29, 0.717) is 24.3 Å². The zero-order chi connectivity index (χ0) is 26.4. The number of piperidine rings is 1. The maximum Gasteiger partial charge on any atom is 0.231 e. The van der Waals surface area contributed by atoms with Crippen molar-refractivity contribution >= 4 is 22.4 Å². The summed E-state index contributed by atoms with van der Waals surface area (Å²) in [7, 11) is 0. The molecule has 1 aromatic heterocycles. The molecular formula is C32H47N3O. The Balaban J connectivity index is 2.09. The largest absolute Gasteiger partial charge is 0.369 e. The molecule has 0 aliphatic carbocycles. The summed E-state index contributed by atoms with van der Waals surface area (Å²) in [6.07, 6.45) is 9.84. The predicted molar refractivity (Wildman–Crippen MR) is 155 cm³/mol. The highest BCUT2D eigenvalue weighted by Gasteiger charge is 2.24. The van der Waals surface area contributed by atoms with Crippen LogP contribution in [0.25, 0.3) is 16.5 Å². The molecule has 0 saturated carbocycles. The second-order valence-electron chi connectivity index (χ2n) is 11.0. The Kier molecular flexibility index (Phi) is 9.78. The summed E-state index contributed by atoms with van der Waals surface area (Å²) in [5.41, 5.74) is 14.7. The number of allylic oxidation sites excluding steroid dienone is 5. The van der Waals surface area contributed by atoms with Crippen LogP contribution < -0.4 is 5.73 Å². The number of nitrogens with zero attached hydrogens (tertiary/aromatic N) is 1. The highest BCUT2D eigenvalue weighted by atomic mass is 16.1. The smallest absolute Gasteiger partial charge is 0.231 e. The minimum Gasteiger partial charge on any atom is -0.369 e. The molecule has 4 heteroatoms. The summed E-state index contributed by atoms with van der Waals surface area (Å²) in [6, 6.07) is 6.99. The van der Waals surface area contributed by atoms with Gasteiger partial charge >= 0.3 is 0 Å². The van der Waals surface area contributed by atoms with Gasteiger partial charge in [0.05, 0.1) is 12.2 Å². The fraction of sp³-hybridized carbons (Fsp3) is 0.531. The normalized spacial score (nSPS) is 17.5. The molecule has 1 aromatic carbocycles. The predicted octanol–water partition coefficient (Wildman–Crippen LogP) is 7.69. The van der Waals surface area contributed by atoms with Crippen LogP contribution in [0.3, 0.4) is 0 Å². The molecule has 1 fully saturated rings. The Morgan fingerprint density at radius 3 is 2.47 bits per heavy atom. The molecule has 0 spiro atoms. The summed E-state index contributed by atoms with van der Waals surface area (Å²) in [5, 5.41) is 1.34. The molecule has 1 saturated heterocycles. The summed E-state index contributed by atoms with van der Waals surface area (Å²) < 4.78 is 0. The van der Waals surface area contributed by atoms with Gasteiger partial charge in [0.2, 0.25) is 5.91 Å². The number of hydrogen-bond acceptors (Lipinski definition) is 2. The van der Waals surface area contributed by atoms with Gasteiger partial charge in [0.1, 0.15) is 0 Å². The van der Waals surface area contributed by atoms with Crippen LogP contribution in [0.15, 0.2) is 48.1 Å². The zero-order valence-corrected chi connectivity index (χ0v) is 23.4. The van der Waals surface area contributed by atoms with Gasteiger partial charge in [-0.1, -0.05) is 71.4 Å². The second-order valence-corrected chi connectivity index (χ2v) is 11.0. The maximum atomic E-state index is 11.3. The van der Waals surface area contributed by atoms with Gasteiger partial charge in [-0.25, -0.2) is 0 Å². The lowest BCUT2D eigenvalue weighted by molar-refractivity contribution is -0.119. The second kappa shape index (κ2) is 12.6. The number of likely N-dealkylation sites (tertiary alicyclic amines) is 1. The van der Waals surface area contributed by atoms with Gasteiger partial charge < -0.3 is 10.7 Å². The van der Waals surface area contributed by atoms with E-state index in [-0.39, 0.29) is 5.91 Å². The third-order valence-electron chi connectivity index (χ3n) is 8.02. The maximum absolute atomic E-state index is 11.3. The Morgan fingerprint density at radius 2 is 1.92 bits per heavy atom. The van der Waals surface area contributed by atoms with Crippen molar-refractivity contribution in [2.24, 2.45) is 11.7 Å². The van der Waals surface area contributed by atoms with Crippen LogP contribution in [0.5, 0.6) is 0 Å². The summed E-state index contributed by atoms with van der Waals surface area (Å²) in [5.74, 6) is 1.22. The molecule has 4 nitrogen and oxygen atoms in total. The van der Waals surface area contributed by atoms with Gasteiger partial charge in [0.15, 0.2) is 0 Å². The molecule has 2 aromatic rings. The van der Waals surface area contributed by atoms with Crippen molar-refractivity contribution in [3.63, 3.8) is 0 Å². The fourth-order valence-corrected chi connectivity index (χ4v) is 5.57. The first-order valence-corrected chi connectivity index (χ1v) is 13.9. The van der Waals surface area contributed by atoms with E-state index in [0.717, 1.165) is 45.2 Å². The summed E-state index contributed by atoms with van der Waals surface area (Å²) >= 11 is 0. The number of aromatic nitrogens is 1. The SMILES string of the molecule is C=C/C(CCC)=C(\C=C(\C)C(C)CC)c1[nH]c2ccc(C3CCN(CC(N)=O)CC3)cc2c1C(C)C. The van der Waals surface area contributed by atoms with Crippen molar-refractivity contribution < 1.29 is 4.79 Å². The van der Waals surface area contributed by atoms with Crippen molar-refractivity contribution in [1.82, 2.24) is 9.88 Å². The Labute approximate surface area is 218 Å². The number of nitrogens with two attached hydrogens (primary N) is 1. The number of amides is 1. The molecule has 1 atom stereocenters. The average Bonchev–Trinajstić information content (AvgIpc) is 3.24. The number of fused-ring (bicyclic) bond motifs is 1. The lowest BCUT2D eigenvalue weighted by atomic mass is 9.86. The third-order valence-corrected chi connectivity index (χ3v) is 8.02. The Morgan fingerprint density at radius 1 is 1.22 bits per heavy atom. The van der Waals surface area contributed by atoms with Crippen LogP contribution in [0.4, 0.5) is 0 Å². The summed E-state index contributed by atoms with van der Waals surface area (Å²) in [4.78, 5) is 17.3. The number of nitrogens with one attached hydrogen (secondary N) is 1. The lowest BCUT2D eigenvalue weighted by Gasteiger charge is -2.31. The van der Waals surface area contributed by atoms with E-state index in [1.54, 1.807) is 0 Å². The Bertz CT molecular complexity index is 1130. The zero-order valence-electron chi connectivity index (χ0n) is 23.4. The quantitative estimate of drug-likeness (QED) is 0.318.